The average Bonchev–Trinajstić information content (AvgIpc) is 3.38. The summed E-state index contributed by atoms with van der Waals surface area (Å²) in [6, 6.07) is 14.2. The second-order valence-electron chi connectivity index (χ2n) is 5.87. The number of ether oxygens (including phenoxy) is 1. The van der Waals surface area contributed by atoms with Crippen LogP contribution >= 0.6 is 11.6 Å². The molecule has 1 aliphatic carbocycles. The number of amides is 2. The van der Waals surface area contributed by atoms with Crippen molar-refractivity contribution in [3.05, 3.63) is 53.6 Å². The van der Waals surface area contributed by atoms with Crippen LogP contribution in [0.2, 0.25) is 5.02 Å². The highest BCUT2D eigenvalue weighted by Crippen LogP contribution is 2.41. The smallest absolute Gasteiger partial charge is 0.228 e. The maximum atomic E-state index is 12.4. The van der Waals surface area contributed by atoms with Gasteiger partial charge in [0.2, 0.25) is 11.8 Å². The molecule has 130 valence electrons. The molecule has 0 aromatic heterocycles. The van der Waals surface area contributed by atoms with Crippen LogP contribution in [0.25, 0.3) is 0 Å². The zero-order valence-corrected chi connectivity index (χ0v) is 14.5. The van der Waals surface area contributed by atoms with Gasteiger partial charge in [0.25, 0.3) is 0 Å². The predicted octanol–water partition coefficient (Wildman–Crippen LogP) is 3.95. The Bertz CT molecular complexity index is 794. The molecule has 0 radical (unpaired) electrons. The fraction of sp³-hybridized carbons (Fsp3) is 0.263. The first-order valence-corrected chi connectivity index (χ1v) is 8.55. The van der Waals surface area contributed by atoms with Crippen molar-refractivity contribution in [3.8, 4) is 5.75 Å². The summed E-state index contributed by atoms with van der Waals surface area (Å²) in [7, 11) is 0. The fourth-order valence-electron chi connectivity index (χ4n) is 2.65. The third kappa shape index (κ3) is 4.31. The van der Waals surface area contributed by atoms with Crippen LogP contribution in [0.3, 0.4) is 0 Å². The topological polar surface area (TPSA) is 67.4 Å². The normalized spacial score (nSPS) is 18.3. The van der Waals surface area contributed by atoms with Gasteiger partial charge in [-0.15, -0.1) is 0 Å². The minimum Gasteiger partial charge on any atom is -0.492 e. The van der Waals surface area contributed by atoms with E-state index in [2.05, 4.69) is 10.6 Å². The molecular formula is C19H19ClN2O3. The highest BCUT2D eigenvalue weighted by Gasteiger charge is 2.48. The molecule has 3 rings (SSSR count). The number of hydrogen-bond acceptors (Lipinski definition) is 3. The van der Waals surface area contributed by atoms with E-state index in [0.29, 0.717) is 35.2 Å². The summed E-state index contributed by atoms with van der Waals surface area (Å²) in [5.41, 5.74) is 1.25. The molecular weight excluding hydrogens is 340 g/mol. The molecule has 0 bridgehead atoms. The van der Waals surface area contributed by atoms with Crippen LogP contribution in [0.1, 0.15) is 13.3 Å². The first-order chi connectivity index (χ1) is 12.1. The molecule has 2 aromatic carbocycles. The van der Waals surface area contributed by atoms with Crippen LogP contribution in [0, 0.1) is 11.8 Å². The second kappa shape index (κ2) is 7.57. The van der Waals surface area contributed by atoms with Crippen LogP contribution in [0.15, 0.2) is 48.5 Å². The first-order valence-electron chi connectivity index (χ1n) is 8.17. The first kappa shape index (κ1) is 17.3. The zero-order valence-electron chi connectivity index (χ0n) is 13.8. The van der Waals surface area contributed by atoms with Gasteiger partial charge in [0.15, 0.2) is 0 Å². The molecule has 5 nitrogen and oxygen atoms in total. The number of benzene rings is 2. The number of nitrogens with one attached hydrogen (secondary N) is 2. The number of hydrogen-bond donors (Lipinski definition) is 2. The van der Waals surface area contributed by atoms with E-state index in [9.17, 15) is 9.59 Å². The number of halogens is 1. The van der Waals surface area contributed by atoms with Gasteiger partial charge in [-0.1, -0.05) is 29.8 Å². The van der Waals surface area contributed by atoms with Gasteiger partial charge >= 0.3 is 0 Å². The monoisotopic (exact) mass is 358 g/mol. The molecule has 2 amide bonds. The van der Waals surface area contributed by atoms with Crippen molar-refractivity contribution >= 4 is 34.8 Å². The van der Waals surface area contributed by atoms with E-state index in [1.54, 1.807) is 36.4 Å². The van der Waals surface area contributed by atoms with Crippen LogP contribution in [0.4, 0.5) is 11.4 Å². The van der Waals surface area contributed by atoms with Crippen molar-refractivity contribution in [2.75, 3.05) is 17.2 Å². The van der Waals surface area contributed by atoms with E-state index in [4.69, 9.17) is 16.3 Å². The van der Waals surface area contributed by atoms with E-state index in [-0.39, 0.29) is 23.7 Å². The van der Waals surface area contributed by atoms with Crippen molar-refractivity contribution < 1.29 is 14.3 Å². The van der Waals surface area contributed by atoms with Crippen LogP contribution in [0.5, 0.6) is 5.75 Å². The molecule has 1 saturated carbocycles. The molecule has 2 aromatic rings. The maximum absolute atomic E-state index is 12.4. The lowest BCUT2D eigenvalue weighted by atomic mass is 10.2. The summed E-state index contributed by atoms with van der Waals surface area (Å²) in [4.78, 5) is 24.6. The standard InChI is InChI=1S/C19H19ClN2O3/c1-2-25-17-9-4-3-8-16(17)22-19(24)15-11-14(15)18(23)21-13-7-5-6-12(20)10-13/h3-10,14-15H,2,11H2,1H3,(H,21,23)(H,22,24). The summed E-state index contributed by atoms with van der Waals surface area (Å²) >= 11 is 5.91. The zero-order chi connectivity index (χ0) is 17.8. The summed E-state index contributed by atoms with van der Waals surface area (Å²) in [5.74, 6) is -0.357. The Morgan fingerprint density at radius 3 is 2.52 bits per heavy atom. The van der Waals surface area contributed by atoms with Crippen molar-refractivity contribution in [2.45, 2.75) is 13.3 Å². The number of carbonyl (C=O) groups excluding carboxylic acids is 2. The molecule has 0 spiro atoms. The fourth-order valence-corrected chi connectivity index (χ4v) is 2.84. The van der Waals surface area contributed by atoms with E-state index >= 15 is 0 Å². The summed E-state index contributed by atoms with van der Waals surface area (Å²) in [6.45, 7) is 2.40. The summed E-state index contributed by atoms with van der Waals surface area (Å²) in [5, 5.41) is 6.20. The number of anilines is 2. The summed E-state index contributed by atoms with van der Waals surface area (Å²) < 4.78 is 5.50. The second-order valence-corrected chi connectivity index (χ2v) is 6.30. The van der Waals surface area contributed by atoms with Crippen LogP contribution < -0.4 is 15.4 Å². The molecule has 0 heterocycles. The van der Waals surface area contributed by atoms with E-state index in [0.717, 1.165) is 0 Å². The Balaban J connectivity index is 1.58. The number of rotatable bonds is 6. The van der Waals surface area contributed by atoms with Gasteiger partial charge in [-0.2, -0.15) is 0 Å². The Hall–Kier alpha value is -2.53. The predicted molar refractivity (Wildman–Crippen MR) is 97.9 cm³/mol. The van der Waals surface area contributed by atoms with Gasteiger partial charge < -0.3 is 15.4 Å². The SMILES string of the molecule is CCOc1ccccc1NC(=O)C1CC1C(=O)Nc1cccc(Cl)c1. The molecule has 1 fully saturated rings. The highest BCUT2D eigenvalue weighted by atomic mass is 35.5. The Morgan fingerprint density at radius 2 is 1.80 bits per heavy atom. The van der Waals surface area contributed by atoms with Gasteiger partial charge in [-0.25, -0.2) is 0 Å². The minimum absolute atomic E-state index is 0.166. The van der Waals surface area contributed by atoms with Crippen LogP contribution in [-0.4, -0.2) is 18.4 Å². The van der Waals surface area contributed by atoms with Gasteiger partial charge in [0, 0.05) is 10.7 Å². The van der Waals surface area contributed by atoms with Gasteiger partial charge in [0.05, 0.1) is 24.1 Å². The van der Waals surface area contributed by atoms with Gasteiger partial charge in [-0.3, -0.25) is 9.59 Å². The van der Waals surface area contributed by atoms with Crippen molar-refractivity contribution in [2.24, 2.45) is 11.8 Å². The molecule has 25 heavy (non-hydrogen) atoms. The van der Waals surface area contributed by atoms with E-state index < -0.39 is 0 Å². The van der Waals surface area contributed by atoms with E-state index in [1.165, 1.54) is 0 Å². The highest BCUT2D eigenvalue weighted by molar-refractivity contribution is 6.30. The van der Waals surface area contributed by atoms with Crippen molar-refractivity contribution in [1.82, 2.24) is 0 Å². The van der Waals surface area contributed by atoms with Crippen molar-refractivity contribution in [1.29, 1.82) is 0 Å². The molecule has 0 saturated heterocycles. The number of carbonyl (C=O) groups is 2. The Labute approximate surface area is 151 Å². The Morgan fingerprint density at radius 1 is 1.08 bits per heavy atom. The molecule has 2 atom stereocenters. The lowest BCUT2D eigenvalue weighted by Crippen LogP contribution is -2.20. The molecule has 2 unspecified atom stereocenters. The molecule has 1 aliphatic rings. The minimum atomic E-state index is -0.325. The Kier molecular flexibility index (Phi) is 5.24. The van der Waals surface area contributed by atoms with Crippen LogP contribution in [-0.2, 0) is 9.59 Å². The molecule has 6 heteroatoms. The molecule has 2 N–H and O–H groups in total. The van der Waals surface area contributed by atoms with E-state index in [1.807, 2.05) is 19.1 Å². The summed E-state index contributed by atoms with van der Waals surface area (Å²) in [6.07, 6.45) is 0.537. The van der Waals surface area contributed by atoms with Crippen molar-refractivity contribution in [3.63, 3.8) is 0 Å². The average molecular weight is 359 g/mol. The van der Waals surface area contributed by atoms with Gasteiger partial charge in [0.1, 0.15) is 5.75 Å². The third-order valence-electron chi connectivity index (χ3n) is 4.00. The lowest BCUT2D eigenvalue weighted by molar-refractivity contribution is -0.122. The quantitative estimate of drug-likeness (QED) is 0.821. The van der Waals surface area contributed by atoms with Gasteiger partial charge in [-0.05, 0) is 43.7 Å². The number of para-hydroxylation sites is 2. The maximum Gasteiger partial charge on any atom is 0.228 e. The lowest BCUT2D eigenvalue weighted by Gasteiger charge is -2.11. The largest absolute Gasteiger partial charge is 0.492 e. The molecule has 0 aliphatic heterocycles. The third-order valence-corrected chi connectivity index (χ3v) is 4.24.